The van der Waals surface area contributed by atoms with Crippen LogP contribution in [0.3, 0.4) is 0 Å². The van der Waals surface area contributed by atoms with Gasteiger partial charge in [-0.3, -0.25) is 0 Å². The SMILES string of the molecule is CCNC1CC2(CCC(CC)C2)Oc2cc(Br)ccc21. The second kappa shape index (κ2) is 5.69. The van der Waals surface area contributed by atoms with Gasteiger partial charge < -0.3 is 10.1 Å². The first-order valence-corrected chi connectivity index (χ1v) is 8.67. The average Bonchev–Trinajstić information content (AvgIpc) is 2.81. The van der Waals surface area contributed by atoms with Gasteiger partial charge in [-0.2, -0.15) is 0 Å². The van der Waals surface area contributed by atoms with Crippen molar-refractivity contribution < 1.29 is 4.74 Å². The molecule has 1 fully saturated rings. The summed E-state index contributed by atoms with van der Waals surface area (Å²) >= 11 is 3.57. The summed E-state index contributed by atoms with van der Waals surface area (Å²) in [5.41, 5.74) is 1.39. The maximum atomic E-state index is 6.50. The van der Waals surface area contributed by atoms with Crippen molar-refractivity contribution >= 4 is 15.9 Å². The third-order valence-electron chi connectivity index (χ3n) is 4.95. The van der Waals surface area contributed by atoms with Crippen LogP contribution in [0.1, 0.15) is 57.6 Å². The molecule has 2 aliphatic rings. The molecule has 0 amide bonds. The molecule has 0 saturated heterocycles. The fraction of sp³-hybridized carbons (Fsp3) is 0.647. The van der Waals surface area contributed by atoms with Crippen molar-refractivity contribution in [3.63, 3.8) is 0 Å². The van der Waals surface area contributed by atoms with Crippen molar-refractivity contribution in [3.05, 3.63) is 28.2 Å². The van der Waals surface area contributed by atoms with Gasteiger partial charge in [0.25, 0.3) is 0 Å². The minimum Gasteiger partial charge on any atom is -0.487 e. The molecule has 1 aromatic rings. The Balaban J connectivity index is 1.91. The number of benzene rings is 1. The Morgan fingerprint density at radius 3 is 2.90 bits per heavy atom. The molecule has 3 unspecified atom stereocenters. The molecule has 0 aromatic heterocycles. The molecule has 3 atom stereocenters. The minimum absolute atomic E-state index is 0.0707. The Kier molecular flexibility index (Phi) is 4.09. The molecule has 1 aromatic carbocycles. The summed E-state index contributed by atoms with van der Waals surface area (Å²) in [5.74, 6) is 1.92. The van der Waals surface area contributed by atoms with Gasteiger partial charge in [0.15, 0.2) is 0 Å². The van der Waals surface area contributed by atoms with Gasteiger partial charge in [-0.05, 0) is 43.9 Å². The van der Waals surface area contributed by atoms with Gasteiger partial charge in [0, 0.05) is 22.5 Å². The highest BCUT2D eigenvalue weighted by atomic mass is 79.9. The Hall–Kier alpha value is -0.540. The quantitative estimate of drug-likeness (QED) is 0.852. The highest BCUT2D eigenvalue weighted by molar-refractivity contribution is 9.10. The normalized spacial score (nSPS) is 32.1. The Labute approximate surface area is 130 Å². The summed E-state index contributed by atoms with van der Waals surface area (Å²) in [4.78, 5) is 0. The monoisotopic (exact) mass is 337 g/mol. The topological polar surface area (TPSA) is 21.3 Å². The van der Waals surface area contributed by atoms with E-state index >= 15 is 0 Å². The lowest BCUT2D eigenvalue weighted by atomic mass is 9.85. The molecule has 3 rings (SSSR count). The average molecular weight is 338 g/mol. The molecule has 0 radical (unpaired) electrons. The van der Waals surface area contributed by atoms with Crippen molar-refractivity contribution in [2.75, 3.05) is 6.54 Å². The summed E-state index contributed by atoms with van der Waals surface area (Å²) < 4.78 is 7.61. The first kappa shape index (κ1) is 14.4. The molecule has 1 N–H and O–H groups in total. The summed E-state index contributed by atoms with van der Waals surface area (Å²) in [5, 5.41) is 3.65. The summed E-state index contributed by atoms with van der Waals surface area (Å²) in [6, 6.07) is 6.90. The molecule has 0 bridgehead atoms. The Morgan fingerprint density at radius 1 is 1.35 bits per heavy atom. The third-order valence-corrected chi connectivity index (χ3v) is 5.44. The van der Waals surface area contributed by atoms with Gasteiger partial charge in [0.2, 0.25) is 0 Å². The van der Waals surface area contributed by atoms with Crippen LogP contribution in [0, 0.1) is 5.92 Å². The van der Waals surface area contributed by atoms with E-state index in [4.69, 9.17) is 4.74 Å². The van der Waals surface area contributed by atoms with Gasteiger partial charge in [-0.1, -0.05) is 42.3 Å². The van der Waals surface area contributed by atoms with Crippen LogP contribution in [0.2, 0.25) is 0 Å². The number of ether oxygens (including phenoxy) is 1. The third kappa shape index (κ3) is 2.62. The number of nitrogens with one attached hydrogen (secondary N) is 1. The fourth-order valence-corrected chi connectivity index (χ4v) is 4.23. The fourth-order valence-electron chi connectivity index (χ4n) is 3.89. The van der Waals surface area contributed by atoms with Gasteiger partial charge >= 0.3 is 0 Å². The van der Waals surface area contributed by atoms with Gasteiger partial charge in [0.1, 0.15) is 11.4 Å². The van der Waals surface area contributed by atoms with E-state index < -0.39 is 0 Å². The van der Waals surface area contributed by atoms with E-state index in [9.17, 15) is 0 Å². The standard InChI is InChI=1S/C17H24BrNO/c1-3-12-7-8-17(10-12)11-15(19-4-2)14-6-5-13(18)9-16(14)20-17/h5-6,9,12,15,19H,3-4,7-8,10-11H2,1-2H3. The second-order valence-electron chi connectivity index (χ2n) is 6.30. The van der Waals surface area contributed by atoms with Gasteiger partial charge in [-0.15, -0.1) is 0 Å². The molecule has 3 heteroatoms. The summed E-state index contributed by atoms with van der Waals surface area (Å²) in [6.45, 7) is 5.50. The van der Waals surface area contributed by atoms with E-state index in [1.54, 1.807) is 0 Å². The predicted molar refractivity (Wildman–Crippen MR) is 86.2 cm³/mol. The maximum Gasteiger partial charge on any atom is 0.126 e. The van der Waals surface area contributed by atoms with Crippen LogP contribution < -0.4 is 10.1 Å². The number of hydrogen-bond donors (Lipinski definition) is 1. The highest BCUT2D eigenvalue weighted by Crippen LogP contribution is 2.49. The highest BCUT2D eigenvalue weighted by Gasteiger charge is 2.45. The molecule has 1 heterocycles. The second-order valence-corrected chi connectivity index (χ2v) is 7.21. The number of hydrogen-bond acceptors (Lipinski definition) is 2. The number of fused-ring (bicyclic) bond motifs is 1. The van der Waals surface area contributed by atoms with Crippen molar-refractivity contribution in [2.24, 2.45) is 5.92 Å². The number of rotatable bonds is 3. The smallest absolute Gasteiger partial charge is 0.126 e. The Morgan fingerprint density at radius 2 is 2.20 bits per heavy atom. The van der Waals surface area contributed by atoms with E-state index in [0.717, 1.165) is 29.1 Å². The molecule has 20 heavy (non-hydrogen) atoms. The minimum atomic E-state index is 0.0707. The van der Waals surface area contributed by atoms with Crippen molar-refractivity contribution in [1.82, 2.24) is 5.32 Å². The van der Waals surface area contributed by atoms with Crippen LogP contribution in [-0.2, 0) is 0 Å². The zero-order valence-electron chi connectivity index (χ0n) is 12.4. The summed E-state index contributed by atoms with van der Waals surface area (Å²) in [6.07, 6.45) is 6.14. The number of halogens is 1. The van der Waals surface area contributed by atoms with E-state index in [0.29, 0.717) is 6.04 Å². The van der Waals surface area contributed by atoms with Gasteiger partial charge in [-0.25, -0.2) is 0 Å². The lowest BCUT2D eigenvalue weighted by molar-refractivity contribution is 0.0330. The van der Waals surface area contributed by atoms with Crippen LogP contribution in [-0.4, -0.2) is 12.1 Å². The van der Waals surface area contributed by atoms with E-state index in [1.165, 1.54) is 31.2 Å². The zero-order chi connectivity index (χ0) is 14.2. The van der Waals surface area contributed by atoms with Crippen LogP contribution >= 0.6 is 15.9 Å². The van der Waals surface area contributed by atoms with Crippen LogP contribution in [0.25, 0.3) is 0 Å². The molecule has 110 valence electrons. The van der Waals surface area contributed by atoms with Crippen LogP contribution in [0.15, 0.2) is 22.7 Å². The maximum absolute atomic E-state index is 6.50. The van der Waals surface area contributed by atoms with E-state index in [1.807, 2.05) is 0 Å². The van der Waals surface area contributed by atoms with Crippen LogP contribution in [0.4, 0.5) is 0 Å². The van der Waals surface area contributed by atoms with E-state index in [-0.39, 0.29) is 5.60 Å². The molecule has 1 saturated carbocycles. The van der Waals surface area contributed by atoms with Crippen molar-refractivity contribution in [1.29, 1.82) is 0 Å². The molecular formula is C17H24BrNO. The predicted octanol–water partition coefficient (Wildman–Crippen LogP) is 4.83. The lowest BCUT2D eigenvalue weighted by Gasteiger charge is -2.40. The molecule has 1 aliphatic heterocycles. The zero-order valence-corrected chi connectivity index (χ0v) is 14.0. The first-order valence-electron chi connectivity index (χ1n) is 7.87. The summed E-state index contributed by atoms with van der Waals surface area (Å²) in [7, 11) is 0. The Bertz CT molecular complexity index is 490. The molecular weight excluding hydrogens is 314 g/mol. The van der Waals surface area contributed by atoms with Crippen molar-refractivity contribution in [2.45, 2.75) is 57.6 Å². The van der Waals surface area contributed by atoms with E-state index in [2.05, 4.69) is 53.3 Å². The molecule has 1 aliphatic carbocycles. The molecule has 1 spiro atoms. The van der Waals surface area contributed by atoms with Crippen LogP contribution in [0.5, 0.6) is 5.75 Å². The lowest BCUT2D eigenvalue weighted by Crippen LogP contribution is -2.42. The van der Waals surface area contributed by atoms with Gasteiger partial charge in [0.05, 0.1) is 0 Å². The van der Waals surface area contributed by atoms with Crippen molar-refractivity contribution in [3.8, 4) is 5.75 Å². The largest absolute Gasteiger partial charge is 0.487 e. The first-order chi connectivity index (χ1) is 9.65. The molecule has 2 nitrogen and oxygen atoms in total.